The van der Waals surface area contributed by atoms with Crippen LogP contribution in [0.1, 0.15) is 0 Å². The van der Waals surface area contributed by atoms with E-state index in [0.29, 0.717) is 26.0 Å². The Morgan fingerprint density at radius 2 is 1.95 bits per heavy atom. The van der Waals surface area contributed by atoms with Gasteiger partial charge in [0.2, 0.25) is 0 Å². The number of sulfonamides is 1. The van der Waals surface area contributed by atoms with Crippen LogP contribution in [-0.4, -0.2) is 13.3 Å². The molecule has 11 heteroatoms. The topological polar surface area (TPSA) is 89.3 Å². The van der Waals surface area contributed by atoms with Gasteiger partial charge < -0.3 is 0 Å². The molecule has 0 spiro atoms. The van der Waals surface area contributed by atoms with Crippen molar-refractivity contribution in [1.82, 2.24) is 0 Å². The van der Waals surface area contributed by atoms with Crippen molar-refractivity contribution in [2.45, 2.75) is 4.21 Å². The molecule has 2 rings (SSSR count). The second-order valence-corrected chi connectivity index (χ2v) is 9.04. The molecule has 0 radical (unpaired) electrons. The monoisotopic (exact) mass is 474 g/mol. The fourth-order valence-electron chi connectivity index (χ4n) is 1.37. The average Bonchev–Trinajstić information content (AvgIpc) is 2.77. The minimum absolute atomic E-state index is 0.186. The first kappa shape index (κ1) is 16.7. The number of halogens is 3. The molecule has 0 fully saturated rings. The molecule has 0 atom stereocenters. The summed E-state index contributed by atoms with van der Waals surface area (Å²) in [5.41, 5.74) is -0.132. The molecule has 0 saturated carbocycles. The van der Waals surface area contributed by atoms with Crippen molar-refractivity contribution in [3.05, 3.63) is 47.7 Å². The molecule has 112 valence electrons. The predicted octanol–water partition coefficient (Wildman–Crippen LogP) is 4.64. The van der Waals surface area contributed by atoms with Crippen LogP contribution >= 0.6 is 54.8 Å². The Labute approximate surface area is 145 Å². The van der Waals surface area contributed by atoms with Crippen LogP contribution in [0, 0.1) is 10.1 Å². The van der Waals surface area contributed by atoms with E-state index in [1.165, 1.54) is 0 Å². The van der Waals surface area contributed by atoms with Gasteiger partial charge in [-0.25, -0.2) is 8.42 Å². The molecule has 1 aromatic carbocycles. The molecule has 0 unspecified atom stereocenters. The van der Waals surface area contributed by atoms with Gasteiger partial charge in [-0.2, -0.15) is 0 Å². The number of nitrogens with one attached hydrogen (secondary N) is 1. The lowest BCUT2D eigenvalue weighted by Crippen LogP contribution is -2.11. The fourth-order valence-corrected chi connectivity index (χ4v) is 4.94. The number of nitrogens with zero attached hydrogens (tertiary/aromatic N) is 1. The lowest BCUT2D eigenvalue weighted by atomic mass is 10.3. The van der Waals surface area contributed by atoms with E-state index in [1.807, 2.05) is 0 Å². The van der Waals surface area contributed by atoms with E-state index >= 15 is 0 Å². The van der Waals surface area contributed by atoms with Gasteiger partial charge in [-0.05, 0) is 34.1 Å². The van der Waals surface area contributed by atoms with Gasteiger partial charge in [0.15, 0.2) is 4.34 Å². The minimum Gasteiger partial charge on any atom is -0.278 e. The summed E-state index contributed by atoms with van der Waals surface area (Å²) < 4.78 is 27.6. The molecule has 2 aromatic rings. The Morgan fingerprint density at radius 1 is 1.29 bits per heavy atom. The highest BCUT2D eigenvalue weighted by Crippen LogP contribution is 2.37. The number of nitro groups is 1. The highest BCUT2D eigenvalue weighted by atomic mass is 79.9. The Bertz CT molecular complexity index is 822. The van der Waals surface area contributed by atoms with Gasteiger partial charge in [-0.3, -0.25) is 14.8 Å². The summed E-state index contributed by atoms with van der Waals surface area (Å²) in [7, 11) is -3.96. The number of anilines is 1. The zero-order chi connectivity index (χ0) is 15.8. The van der Waals surface area contributed by atoms with E-state index < -0.39 is 20.6 Å². The SMILES string of the molecule is O=[N+]([O-])c1cc(S(=O)(=O)Nc2cc(Br)ccc2Br)sc1Cl. The number of hydrogen-bond acceptors (Lipinski definition) is 5. The fraction of sp³-hybridized carbons (Fsp3) is 0. The summed E-state index contributed by atoms with van der Waals surface area (Å²) >= 11 is 12.7. The Hall–Kier alpha value is -0.680. The van der Waals surface area contributed by atoms with Crippen LogP contribution in [0.5, 0.6) is 0 Å². The van der Waals surface area contributed by atoms with Crippen molar-refractivity contribution in [1.29, 1.82) is 0 Å². The van der Waals surface area contributed by atoms with Gasteiger partial charge in [-0.15, -0.1) is 11.3 Å². The van der Waals surface area contributed by atoms with Gasteiger partial charge >= 0.3 is 0 Å². The summed E-state index contributed by atoms with van der Waals surface area (Å²) in [4.78, 5) is 9.99. The zero-order valence-corrected chi connectivity index (χ0v) is 15.4. The van der Waals surface area contributed by atoms with E-state index in [1.54, 1.807) is 18.2 Å². The molecule has 0 saturated heterocycles. The van der Waals surface area contributed by atoms with E-state index in [0.717, 1.165) is 6.07 Å². The Morgan fingerprint density at radius 3 is 2.52 bits per heavy atom. The maximum Gasteiger partial charge on any atom is 0.300 e. The quantitative estimate of drug-likeness (QED) is 0.514. The molecular formula is C10H5Br2ClN2O4S2. The third kappa shape index (κ3) is 3.75. The lowest BCUT2D eigenvalue weighted by Gasteiger charge is -2.08. The summed E-state index contributed by atoms with van der Waals surface area (Å²) in [6, 6.07) is 5.88. The van der Waals surface area contributed by atoms with Crippen molar-refractivity contribution < 1.29 is 13.3 Å². The van der Waals surface area contributed by atoms with E-state index in [9.17, 15) is 18.5 Å². The Kier molecular flexibility index (Phi) is 4.93. The predicted molar refractivity (Wildman–Crippen MR) is 88.6 cm³/mol. The maximum atomic E-state index is 12.2. The van der Waals surface area contributed by atoms with Crippen molar-refractivity contribution >= 4 is 76.2 Å². The summed E-state index contributed by atoms with van der Waals surface area (Å²) in [5, 5.41) is 10.7. The molecular weight excluding hydrogens is 472 g/mol. The number of hydrogen-bond donors (Lipinski definition) is 1. The third-order valence-electron chi connectivity index (χ3n) is 2.28. The van der Waals surface area contributed by atoms with Gasteiger partial charge in [0.25, 0.3) is 15.7 Å². The summed E-state index contributed by atoms with van der Waals surface area (Å²) in [5.74, 6) is 0. The molecule has 1 heterocycles. The summed E-state index contributed by atoms with van der Waals surface area (Å²) in [6.07, 6.45) is 0. The molecule has 0 aliphatic heterocycles. The van der Waals surface area contributed by atoms with Gasteiger partial charge in [-0.1, -0.05) is 27.5 Å². The molecule has 1 N–H and O–H groups in total. The normalized spacial score (nSPS) is 11.4. The van der Waals surface area contributed by atoms with Gasteiger partial charge in [0.1, 0.15) is 4.21 Å². The van der Waals surface area contributed by atoms with Crippen LogP contribution in [-0.2, 0) is 10.0 Å². The average molecular weight is 477 g/mol. The molecule has 21 heavy (non-hydrogen) atoms. The first-order valence-electron chi connectivity index (χ1n) is 5.12. The van der Waals surface area contributed by atoms with Crippen molar-refractivity contribution in [2.24, 2.45) is 0 Å². The number of benzene rings is 1. The highest BCUT2D eigenvalue weighted by Gasteiger charge is 2.25. The first-order valence-corrected chi connectivity index (χ1v) is 9.38. The van der Waals surface area contributed by atoms with E-state index in [-0.39, 0.29) is 8.55 Å². The van der Waals surface area contributed by atoms with Gasteiger partial charge in [0.05, 0.1) is 10.6 Å². The van der Waals surface area contributed by atoms with Gasteiger partial charge in [0, 0.05) is 15.0 Å². The Balaban J connectivity index is 2.41. The molecule has 1 aromatic heterocycles. The summed E-state index contributed by atoms with van der Waals surface area (Å²) in [6.45, 7) is 0. The van der Waals surface area contributed by atoms with Crippen molar-refractivity contribution in [3.63, 3.8) is 0 Å². The minimum atomic E-state index is -3.96. The second-order valence-electron chi connectivity index (χ2n) is 3.71. The van der Waals surface area contributed by atoms with Crippen LogP contribution in [0.25, 0.3) is 0 Å². The third-order valence-corrected chi connectivity index (χ3v) is 6.64. The molecule has 0 bridgehead atoms. The maximum absolute atomic E-state index is 12.2. The molecule has 6 nitrogen and oxygen atoms in total. The largest absolute Gasteiger partial charge is 0.300 e. The second kappa shape index (κ2) is 6.21. The first-order chi connectivity index (χ1) is 9.70. The molecule has 0 aliphatic carbocycles. The van der Waals surface area contributed by atoms with Crippen LogP contribution in [0.2, 0.25) is 4.34 Å². The van der Waals surface area contributed by atoms with Crippen molar-refractivity contribution in [3.8, 4) is 0 Å². The molecule has 0 amide bonds. The standard InChI is InChI=1S/C10H5Br2ClN2O4S2/c11-5-1-2-6(12)7(3-5)14-21(18,19)9-4-8(15(16)17)10(13)20-9/h1-4,14H. The molecule has 0 aliphatic rings. The highest BCUT2D eigenvalue weighted by molar-refractivity contribution is 9.11. The van der Waals surface area contributed by atoms with Crippen molar-refractivity contribution in [2.75, 3.05) is 4.72 Å². The van der Waals surface area contributed by atoms with Crippen LogP contribution in [0.4, 0.5) is 11.4 Å². The van der Waals surface area contributed by atoms with E-state index in [4.69, 9.17) is 11.6 Å². The van der Waals surface area contributed by atoms with E-state index in [2.05, 4.69) is 36.6 Å². The van der Waals surface area contributed by atoms with Crippen LogP contribution in [0.3, 0.4) is 0 Å². The number of rotatable bonds is 4. The van der Waals surface area contributed by atoms with Crippen LogP contribution in [0.15, 0.2) is 37.4 Å². The number of thiophene rings is 1. The van der Waals surface area contributed by atoms with Crippen LogP contribution < -0.4 is 4.72 Å². The lowest BCUT2D eigenvalue weighted by molar-refractivity contribution is -0.384. The zero-order valence-electron chi connectivity index (χ0n) is 9.84. The smallest absolute Gasteiger partial charge is 0.278 e.